The Hall–Kier alpha value is -0.340. The van der Waals surface area contributed by atoms with Crippen molar-refractivity contribution in [3.05, 3.63) is 12.2 Å². The van der Waals surface area contributed by atoms with Crippen LogP contribution in [0.4, 0.5) is 0 Å². The molecule has 0 aromatic heterocycles. The first-order valence-electron chi connectivity index (χ1n) is 8.75. The summed E-state index contributed by atoms with van der Waals surface area (Å²) in [6.45, 7) is 2.55. The molecular weight excluding hydrogens is 248 g/mol. The fourth-order valence-electron chi connectivity index (χ4n) is 2.38. The minimum absolute atomic E-state index is 0.118. The molecule has 0 heterocycles. The molecule has 0 saturated heterocycles. The van der Waals surface area contributed by atoms with E-state index < -0.39 is 0 Å². The minimum atomic E-state index is -0.118. The molecule has 2 heteroatoms. The minimum Gasteiger partial charge on any atom is -0.396 e. The molecule has 0 aromatic carbocycles. The van der Waals surface area contributed by atoms with Crippen LogP contribution in [-0.2, 0) is 0 Å². The van der Waals surface area contributed by atoms with E-state index in [9.17, 15) is 5.11 Å². The molecule has 0 aliphatic rings. The van der Waals surface area contributed by atoms with Gasteiger partial charge in [-0.3, -0.25) is 0 Å². The van der Waals surface area contributed by atoms with Crippen molar-refractivity contribution >= 4 is 0 Å². The SMILES string of the molecule is CCCCC/C=C/CCC(O)CCCCCCCCO. The largest absolute Gasteiger partial charge is 0.396 e. The quantitative estimate of drug-likeness (QED) is 0.328. The highest BCUT2D eigenvalue weighted by Gasteiger charge is 2.02. The summed E-state index contributed by atoms with van der Waals surface area (Å²) < 4.78 is 0. The van der Waals surface area contributed by atoms with E-state index in [4.69, 9.17) is 5.11 Å². The van der Waals surface area contributed by atoms with Crippen LogP contribution in [0.25, 0.3) is 0 Å². The van der Waals surface area contributed by atoms with E-state index in [-0.39, 0.29) is 6.10 Å². The fourth-order valence-corrected chi connectivity index (χ4v) is 2.38. The van der Waals surface area contributed by atoms with Gasteiger partial charge in [0.25, 0.3) is 0 Å². The molecule has 0 saturated carbocycles. The summed E-state index contributed by atoms with van der Waals surface area (Å²) in [7, 11) is 0. The first kappa shape index (κ1) is 19.7. The summed E-state index contributed by atoms with van der Waals surface area (Å²) in [5.74, 6) is 0. The van der Waals surface area contributed by atoms with Crippen LogP contribution >= 0.6 is 0 Å². The summed E-state index contributed by atoms with van der Waals surface area (Å²) in [5.41, 5.74) is 0. The molecular formula is C18H36O2. The zero-order valence-corrected chi connectivity index (χ0v) is 13.5. The zero-order valence-electron chi connectivity index (χ0n) is 13.5. The molecule has 20 heavy (non-hydrogen) atoms. The maximum atomic E-state index is 9.86. The van der Waals surface area contributed by atoms with Gasteiger partial charge in [0, 0.05) is 6.61 Å². The van der Waals surface area contributed by atoms with Crippen LogP contribution in [-0.4, -0.2) is 22.9 Å². The molecule has 2 N–H and O–H groups in total. The predicted molar refractivity (Wildman–Crippen MR) is 87.9 cm³/mol. The molecule has 0 aromatic rings. The van der Waals surface area contributed by atoms with Crippen molar-refractivity contribution in [2.75, 3.05) is 6.61 Å². The molecule has 0 spiro atoms. The van der Waals surface area contributed by atoms with E-state index in [2.05, 4.69) is 19.1 Å². The topological polar surface area (TPSA) is 40.5 Å². The van der Waals surface area contributed by atoms with E-state index in [1.165, 1.54) is 44.9 Å². The lowest BCUT2D eigenvalue weighted by molar-refractivity contribution is 0.152. The van der Waals surface area contributed by atoms with E-state index in [1.54, 1.807) is 0 Å². The first-order valence-corrected chi connectivity index (χ1v) is 8.75. The van der Waals surface area contributed by atoms with E-state index in [0.29, 0.717) is 6.61 Å². The average molecular weight is 284 g/mol. The van der Waals surface area contributed by atoms with Crippen LogP contribution in [0.5, 0.6) is 0 Å². The Morgan fingerprint density at radius 2 is 1.40 bits per heavy atom. The van der Waals surface area contributed by atoms with Gasteiger partial charge in [0.2, 0.25) is 0 Å². The monoisotopic (exact) mass is 284 g/mol. The van der Waals surface area contributed by atoms with E-state index >= 15 is 0 Å². The fraction of sp³-hybridized carbons (Fsp3) is 0.889. The third-order valence-electron chi connectivity index (χ3n) is 3.75. The highest BCUT2D eigenvalue weighted by Crippen LogP contribution is 2.11. The second kappa shape index (κ2) is 16.7. The van der Waals surface area contributed by atoms with E-state index in [1.807, 2.05) is 0 Å². The van der Waals surface area contributed by atoms with Crippen molar-refractivity contribution in [1.82, 2.24) is 0 Å². The molecule has 0 aliphatic carbocycles. The van der Waals surface area contributed by atoms with Gasteiger partial charge in [-0.1, -0.05) is 64.0 Å². The molecule has 0 aliphatic heterocycles. The second-order valence-electron chi connectivity index (χ2n) is 5.83. The first-order chi connectivity index (χ1) is 9.81. The third kappa shape index (κ3) is 15.7. The summed E-state index contributed by atoms with van der Waals surface area (Å²) in [5, 5.41) is 18.5. The highest BCUT2D eigenvalue weighted by molar-refractivity contribution is 4.82. The summed E-state index contributed by atoms with van der Waals surface area (Å²) in [4.78, 5) is 0. The highest BCUT2D eigenvalue weighted by atomic mass is 16.3. The van der Waals surface area contributed by atoms with Gasteiger partial charge < -0.3 is 10.2 Å². The van der Waals surface area contributed by atoms with Crippen LogP contribution in [0.15, 0.2) is 12.2 Å². The van der Waals surface area contributed by atoms with Gasteiger partial charge in [0.05, 0.1) is 6.10 Å². The van der Waals surface area contributed by atoms with Crippen molar-refractivity contribution in [2.45, 2.75) is 96.5 Å². The Morgan fingerprint density at radius 3 is 2.10 bits per heavy atom. The zero-order chi connectivity index (χ0) is 14.9. The Balaban J connectivity index is 3.22. The normalized spacial score (nSPS) is 13.2. The second-order valence-corrected chi connectivity index (χ2v) is 5.83. The van der Waals surface area contributed by atoms with Crippen molar-refractivity contribution in [1.29, 1.82) is 0 Å². The molecule has 2 nitrogen and oxygen atoms in total. The van der Waals surface area contributed by atoms with Crippen molar-refractivity contribution < 1.29 is 10.2 Å². The summed E-state index contributed by atoms with van der Waals surface area (Å²) in [6.07, 6.45) is 19.3. The molecule has 0 fully saturated rings. The molecule has 0 bridgehead atoms. The Morgan fingerprint density at radius 1 is 0.750 bits per heavy atom. The lowest BCUT2D eigenvalue weighted by atomic mass is 10.0. The number of rotatable bonds is 15. The van der Waals surface area contributed by atoms with Crippen LogP contribution in [0.2, 0.25) is 0 Å². The van der Waals surface area contributed by atoms with Crippen molar-refractivity contribution in [3.8, 4) is 0 Å². The summed E-state index contributed by atoms with van der Waals surface area (Å²) in [6, 6.07) is 0. The molecule has 0 amide bonds. The van der Waals surface area contributed by atoms with Crippen LogP contribution < -0.4 is 0 Å². The van der Waals surface area contributed by atoms with Gasteiger partial charge in [-0.25, -0.2) is 0 Å². The van der Waals surface area contributed by atoms with E-state index in [0.717, 1.165) is 38.5 Å². The molecule has 0 radical (unpaired) electrons. The van der Waals surface area contributed by atoms with Crippen LogP contribution in [0.3, 0.4) is 0 Å². The maximum Gasteiger partial charge on any atom is 0.0543 e. The van der Waals surface area contributed by atoms with Gasteiger partial charge in [0.15, 0.2) is 0 Å². The number of unbranched alkanes of at least 4 members (excludes halogenated alkanes) is 8. The van der Waals surface area contributed by atoms with Crippen LogP contribution in [0.1, 0.15) is 90.4 Å². The molecule has 120 valence electrons. The van der Waals surface area contributed by atoms with Gasteiger partial charge in [-0.05, 0) is 38.5 Å². The van der Waals surface area contributed by atoms with Crippen LogP contribution in [0, 0.1) is 0 Å². The smallest absolute Gasteiger partial charge is 0.0543 e. The number of hydrogen-bond acceptors (Lipinski definition) is 2. The Labute approximate surface area is 126 Å². The van der Waals surface area contributed by atoms with Gasteiger partial charge in [0.1, 0.15) is 0 Å². The standard InChI is InChI=1S/C18H36O2/c1-2-3-4-5-6-9-12-15-18(20)16-13-10-7-8-11-14-17-19/h6,9,18-20H,2-5,7-8,10-17H2,1H3/b9-6+. The lowest BCUT2D eigenvalue weighted by Gasteiger charge is -2.08. The molecule has 1 unspecified atom stereocenters. The number of allylic oxidation sites excluding steroid dienone is 2. The number of aliphatic hydroxyl groups excluding tert-OH is 2. The maximum absolute atomic E-state index is 9.86. The predicted octanol–water partition coefficient (Wildman–Crippen LogP) is 4.99. The van der Waals surface area contributed by atoms with Crippen molar-refractivity contribution in [2.24, 2.45) is 0 Å². The van der Waals surface area contributed by atoms with Gasteiger partial charge >= 0.3 is 0 Å². The molecule has 0 rings (SSSR count). The third-order valence-corrected chi connectivity index (χ3v) is 3.75. The molecule has 1 atom stereocenters. The average Bonchev–Trinajstić information content (AvgIpc) is 2.45. The summed E-state index contributed by atoms with van der Waals surface area (Å²) >= 11 is 0. The van der Waals surface area contributed by atoms with Crippen molar-refractivity contribution in [3.63, 3.8) is 0 Å². The number of aliphatic hydroxyl groups is 2. The Kier molecular flexibility index (Phi) is 16.4. The van der Waals surface area contributed by atoms with Gasteiger partial charge in [-0.15, -0.1) is 0 Å². The Bertz CT molecular complexity index is 202. The van der Waals surface area contributed by atoms with Gasteiger partial charge in [-0.2, -0.15) is 0 Å². The lowest BCUT2D eigenvalue weighted by Crippen LogP contribution is -2.05. The number of hydrogen-bond donors (Lipinski definition) is 2.